The first-order chi connectivity index (χ1) is 18.9. The van der Waals surface area contributed by atoms with Gasteiger partial charge in [-0.05, 0) is 41.1 Å². The minimum Gasteiger partial charge on any atom is -0.429 e. The lowest BCUT2D eigenvalue weighted by Gasteiger charge is -2.42. The highest BCUT2D eigenvalue weighted by Crippen LogP contribution is 2.40. The van der Waals surface area contributed by atoms with E-state index < -0.39 is 13.2 Å². The molecule has 232 valence electrons. The molecule has 0 aliphatic carbocycles. The molecule has 7 nitrogen and oxygen atoms in total. The summed E-state index contributed by atoms with van der Waals surface area (Å²) in [6.07, 6.45) is 15.9. The second kappa shape index (κ2) is 15.7. The molecule has 6 atom stereocenters. The fraction of sp³-hybridized carbons (Fsp3) is 0.806. The number of rotatable bonds is 5. The number of aliphatic hydroxyl groups is 2. The molecule has 41 heavy (non-hydrogen) atoms. The molecule has 0 aromatic rings. The van der Waals surface area contributed by atoms with Gasteiger partial charge in [0, 0.05) is 18.8 Å². The highest BCUT2D eigenvalue weighted by molar-refractivity contribution is 6.53. The summed E-state index contributed by atoms with van der Waals surface area (Å²) >= 11 is 0. The van der Waals surface area contributed by atoms with Gasteiger partial charge in [0.2, 0.25) is 0 Å². The van der Waals surface area contributed by atoms with Crippen molar-refractivity contribution in [3.8, 4) is 0 Å². The maximum atomic E-state index is 9.75. The van der Waals surface area contributed by atoms with Gasteiger partial charge in [0.15, 0.2) is 0 Å². The number of allylic oxidation sites excluding steroid dienone is 3. The summed E-state index contributed by atoms with van der Waals surface area (Å²) in [6.45, 7) is 20.5. The monoisotopic (exact) mass is 574 g/mol. The van der Waals surface area contributed by atoms with Crippen molar-refractivity contribution in [2.45, 2.75) is 118 Å². The normalized spacial score (nSPS) is 29.0. The molecule has 3 heterocycles. The third-order valence-corrected chi connectivity index (χ3v) is 8.47. The molecule has 0 aromatic carbocycles. The quantitative estimate of drug-likeness (QED) is 0.272. The Bertz CT molecular complexity index is 809. The number of hydrogen-bond acceptors (Lipinski definition) is 7. The maximum Gasteiger partial charge on any atom is 0.455 e. The van der Waals surface area contributed by atoms with Gasteiger partial charge >= 0.3 is 14.0 Å². The first-order valence-corrected chi connectivity index (χ1v) is 15.5. The van der Waals surface area contributed by atoms with Crippen LogP contribution < -0.4 is 0 Å². The second-order valence-electron chi connectivity index (χ2n) is 15.2. The van der Waals surface area contributed by atoms with Crippen LogP contribution in [0, 0.1) is 28.1 Å². The lowest BCUT2D eigenvalue weighted by molar-refractivity contribution is -0.0812. The molecule has 3 aliphatic rings. The van der Waals surface area contributed by atoms with Crippen LogP contribution in [0.3, 0.4) is 0 Å². The molecule has 10 heteroatoms. The largest absolute Gasteiger partial charge is 0.455 e. The standard InChI is InChI=1S/C21H36B2O3.C10H21BO4/c1-20(2,3)16-11-14-22-12-8-10-18-19(21(4,5)6)24-15-23(26-18)13-7-9-17(16)25-22;1-10(2,3)8(7-12)9(13)5-4-6-11(14)15/h7-10,16-19H,11-15H2,1-6H3;4-5,8-9,12-15H,6-7H2,1-3H3/b9-7+,10-8+;5-4+. The van der Waals surface area contributed by atoms with Crippen LogP contribution in [-0.2, 0) is 14.0 Å². The number of aliphatic hydroxyl groups excluding tert-OH is 2. The summed E-state index contributed by atoms with van der Waals surface area (Å²) in [7, 11) is -1.39. The molecule has 0 aromatic heterocycles. The van der Waals surface area contributed by atoms with Crippen LogP contribution in [0.25, 0.3) is 0 Å². The van der Waals surface area contributed by atoms with Crippen molar-refractivity contribution in [2.75, 3.05) is 13.1 Å². The Morgan fingerprint density at radius 3 is 2.02 bits per heavy atom. The van der Waals surface area contributed by atoms with E-state index in [2.05, 4.69) is 65.8 Å². The van der Waals surface area contributed by atoms with Gasteiger partial charge < -0.3 is 34.3 Å². The van der Waals surface area contributed by atoms with Crippen LogP contribution in [0.4, 0.5) is 0 Å². The van der Waals surface area contributed by atoms with E-state index in [4.69, 9.17) is 29.2 Å². The minimum atomic E-state index is -1.39. The van der Waals surface area contributed by atoms with Gasteiger partial charge in [0.25, 0.3) is 6.92 Å². The third-order valence-electron chi connectivity index (χ3n) is 8.47. The van der Waals surface area contributed by atoms with E-state index in [-0.39, 0.29) is 60.3 Å². The Morgan fingerprint density at radius 2 is 1.49 bits per heavy atom. The molecule has 2 fully saturated rings. The van der Waals surface area contributed by atoms with E-state index in [0.29, 0.717) is 19.3 Å². The van der Waals surface area contributed by atoms with Crippen LogP contribution in [0.1, 0.15) is 68.7 Å². The van der Waals surface area contributed by atoms with E-state index in [0.717, 1.165) is 19.0 Å². The first-order valence-electron chi connectivity index (χ1n) is 15.5. The minimum absolute atomic E-state index is 0.0308. The Morgan fingerprint density at radius 1 is 0.902 bits per heavy atom. The van der Waals surface area contributed by atoms with Gasteiger partial charge in [-0.25, -0.2) is 0 Å². The zero-order valence-corrected chi connectivity index (χ0v) is 27.1. The molecule has 4 N–H and O–H groups in total. The van der Waals surface area contributed by atoms with Crippen LogP contribution in [0.2, 0.25) is 25.3 Å². The molecular formula is C31H57B3O7. The van der Waals surface area contributed by atoms with E-state index in [9.17, 15) is 5.11 Å². The number of fused-ring (bicyclic) bond motifs is 4. The molecule has 3 aliphatic heterocycles. The number of hydrogen-bond donors (Lipinski definition) is 4. The summed E-state index contributed by atoms with van der Waals surface area (Å²) in [5, 5.41) is 36.1. The van der Waals surface area contributed by atoms with Gasteiger partial charge in [-0.2, -0.15) is 0 Å². The SMILES string of the molecule is CC(C)(C)C(CO)C(O)/C=C/CB(O)O.CC(C)(C)C1CCB2C/C=C/C3OB(C/C=C/C1O2)COC3C(C)(C)C. The van der Waals surface area contributed by atoms with E-state index in [1.807, 2.05) is 20.8 Å². The van der Waals surface area contributed by atoms with Gasteiger partial charge in [-0.3, -0.25) is 0 Å². The van der Waals surface area contributed by atoms with Gasteiger partial charge in [-0.1, -0.05) is 105 Å². The first kappa shape index (κ1) is 36.3. The summed E-state index contributed by atoms with van der Waals surface area (Å²) in [5.41, 5.74) is 0.137. The van der Waals surface area contributed by atoms with Crippen molar-refractivity contribution in [3.63, 3.8) is 0 Å². The topological polar surface area (TPSA) is 109 Å². The van der Waals surface area contributed by atoms with Crippen LogP contribution >= 0.6 is 0 Å². The van der Waals surface area contributed by atoms with Crippen LogP contribution in [-0.4, -0.2) is 78.7 Å². The van der Waals surface area contributed by atoms with E-state index >= 15 is 0 Å². The zero-order chi connectivity index (χ0) is 31.0. The molecule has 0 spiro atoms. The summed E-state index contributed by atoms with van der Waals surface area (Å²) < 4.78 is 19.2. The highest BCUT2D eigenvalue weighted by Gasteiger charge is 2.41. The van der Waals surface area contributed by atoms with Crippen molar-refractivity contribution in [2.24, 2.45) is 28.1 Å². The van der Waals surface area contributed by atoms with E-state index in [1.54, 1.807) is 0 Å². The Balaban J connectivity index is 0.000000337. The fourth-order valence-electron chi connectivity index (χ4n) is 5.94. The third kappa shape index (κ3) is 12.0. The smallest absolute Gasteiger partial charge is 0.429 e. The van der Waals surface area contributed by atoms with Gasteiger partial charge in [-0.15, -0.1) is 0 Å². The van der Waals surface area contributed by atoms with Crippen molar-refractivity contribution in [3.05, 3.63) is 36.5 Å². The molecular weight excluding hydrogens is 517 g/mol. The van der Waals surface area contributed by atoms with Crippen molar-refractivity contribution >= 4 is 20.9 Å². The average Bonchev–Trinajstić information content (AvgIpc) is 2.82. The molecule has 2 saturated heterocycles. The highest BCUT2D eigenvalue weighted by atomic mass is 16.6. The number of ether oxygens (including phenoxy) is 1. The van der Waals surface area contributed by atoms with Gasteiger partial charge in [0.1, 0.15) is 0 Å². The molecule has 0 saturated carbocycles. The average molecular weight is 574 g/mol. The zero-order valence-electron chi connectivity index (χ0n) is 27.1. The van der Waals surface area contributed by atoms with E-state index in [1.165, 1.54) is 18.6 Å². The summed E-state index contributed by atoms with van der Waals surface area (Å²) in [4.78, 5) is 0. The Labute approximate surface area is 251 Å². The molecule has 4 bridgehead atoms. The molecule has 3 rings (SSSR count). The molecule has 6 unspecified atom stereocenters. The Hall–Kier alpha value is -0.865. The van der Waals surface area contributed by atoms with Crippen LogP contribution in [0.5, 0.6) is 0 Å². The van der Waals surface area contributed by atoms with Crippen molar-refractivity contribution in [1.82, 2.24) is 0 Å². The lowest BCUT2D eigenvalue weighted by Crippen LogP contribution is -2.50. The van der Waals surface area contributed by atoms with Gasteiger partial charge in [0.05, 0.1) is 30.9 Å². The fourth-order valence-corrected chi connectivity index (χ4v) is 5.94. The van der Waals surface area contributed by atoms with Crippen LogP contribution in [0.15, 0.2) is 36.5 Å². The van der Waals surface area contributed by atoms with Crippen molar-refractivity contribution < 1.29 is 34.3 Å². The predicted octanol–water partition coefficient (Wildman–Crippen LogP) is 4.95. The molecule has 0 radical (unpaired) electrons. The predicted molar refractivity (Wildman–Crippen MR) is 171 cm³/mol. The van der Waals surface area contributed by atoms with Crippen molar-refractivity contribution in [1.29, 1.82) is 0 Å². The summed E-state index contributed by atoms with van der Waals surface area (Å²) in [5.74, 6) is 0.313. The maximum absolute atomic E-state index is 9.75. The second-order valence-corrected chi connectivity index (χ2v) is 15.2. The Kier molecular flexibility index (Phi) is 13.9. The summed E-state index contributed by atoms with van der Waals surface area (Å²) in [6, 6.07) is 0. The lowest BCUT2D eigenvalue weighted by atomic mass is 9.54. The molecule has 0 amide bonds.